The van der Waals surface area contributed by atoms with Gasteiger partial charge in [-0.15, -0.1) is 10.2 Å². The third-order valence-corrected chi connectivity index (χ3v) is 4.35. The molecule has 2 unspecified atom stereocenters. The number of rotatable bonds is 2. The zero-order valence-electron chi connectivity index (χ0n) is 11.3. The molecule has 1 fully saturated rings. The molecule has 2 aliphatic rings. The summed E-state index contributed by atoms with van der Waals surface area (Å²) in [4.78, 5) is 2.52. The lowest BCUT2D eigenvalue weighted by Crippen LogP contribution is -2.28. The van der Waals surface area contributed by atoms with E-state index in [4.69, 9.17) is 5.73 Å². The minimum atomic E-state index is 0.0857. The van der Waals surface area contributed by atoms with Crippen molar-refractivity contribution in [1.82, 2.24) is 19.7 Å². The lowest BCUT2D eigenvalue weighted by Gasteiger charge is -2.23. The van der Waals surface area contributed by atoms with E-state index in [9.17, 15) is 0 Å². The molecule has 0 spiro atoms. The molecule has 2 aliphatic heterocycles. The van der Waals surface area contributed by atoms with Crippen molar-refractivity contribution in [2.75, 3.05) is 13.1 Å². The highest BCUT2D eigenvalue weighted by atomic mass is 15.3. The number of hydrogen-bond donors (Lipinski definition) is 1. The van der Waals surface area contributed by atoms with Crippen LogP contribution < -0.4 is 5.73 Å². The maximum atomic E-state index is 6.10. The Labute approximate surface area is 108 Å². The summed E-state index contributed by atoms with van der Waals surface area (Å²) >= 11 is 0. The fraction of sp³-hybridized carbons (Fsp3) is 0.846. The second-order valence-electron chi connectivity index (χ2n) is 5.89. The summed E-state index contributed by atoms with van der Waals surface area (Å²) in [6.07, 6.45) is 3.40. The van der Waals surface area contributed by atoms with Crippen molar-refractivity contribution >= 4 is 0 Å². The first-order valence-corrected chi connectivity index (χ1v) is 7.09. The number of hydrogen-bond acceptors (Lipinski definition) is 4. The average Bonchev–Trinajstić information content (AvgIpc) is 2.94. The Bertz CT molecular complexity index is 425. The van der Waals surface area contributed by atoms with Gasteiger partial charge in [0.15, 0.2) is 0 Å². The van der Waals surface area contributed by atoms with Gasteiger partial charge in [-0.25, -0.2) is 0 Å². The molecule has 2 atom stereocenters. The number of likely N-dealkylation sites (tertiary alicyclic amines) is 1. The van der Waals surface area contributed by atoms with E-state index in [2.05, 4.69) is 33.5 Å². The summed E-state index contributed by atoms with van der Waals surface area (Å²) in [6.45, 7) is 7.86. The molecule has 5 nitrogen and oxygen atoms in total. The van der Waals surface area contributed by atoms with Gasteiger partial charge in [0.2, 0.25) is 0 Å². The van der Waals surface area contributed by atoms with Crippen LogP contribution in [-0.2, 0) is 6.54 Å². The quantitative estimate of drug-likeness (QED) is 0.857. The standard InChI is InChI=1S/C13H23N5/c1-9(2)17-7-5-10(8-17)12-15-16-13-11(14)4-3-6-18(12)13/h9-11H,3-8,14H2,1-2H3. The van der Waals surface area contributed by atoms with Crippen LogP contribution in [0.5, 0.6) is 0 Å². The minimum absolute atomic E-state index is 0.0857. The molecular formula is C13H23N5. The van der Waals surface area contributed by atoms with Crippen LogP contribution in [0.15, 0.2) is 0 Å². The maximum Gasteiger partial charge on any atom is 0.149 e. The average molecular weight is 249 g/mol. The highest BCUT2D eigenvalue weighted by Crippen LogP contribution is 2.31. The maximum absolute atomic E-state index is 6.10. The Hall–Kier alpha value is -0.940. The summed E-state index contributed by atoms with van der Waals surface area (Å²) in [5.74, 6) is 2.71. The topological polar surface area (TPSA) is 60.0 Å². The third kappa shape index (κ3) is 1.95. The molecule has 0 saturated carbocycles. The summed E-state index contributed by atoms with van der Waals surface area (Å²) in [5, 5.41) is 8.75. The predicted octanol–water partition coefficient (Wildman–Crippen LogP) is 1.27. The van der Waals surface area contributed by atoms with Crippen LogP contribution in [0.25, 0.3) is 0 Å². The summed E-state index contributed by atoms with van der Waals surface area (Å²) in [7, 11) is 0. The van der Waals surface area contributed by atoms with Gasteiger partial charge in [0.25, 0.3) is 0 Å². The van der Waals surface area contributed by atoms with E-state index in [1.807, 2.05) is 0 Å². The Morgan fingerprint density at radius 1 is 1.17 bits per heavy atom. The van der Waals surface area contributed by atoms with E-state index in [0.29, 0.717) is 12.0 Å². The van der Waals surface area contributed by atoms with E-state index < -0.39 is 0 Å². The zero-order chi connectivity index (χ0) is 12.7. The fourth-order valence-corrected chi connectivity index (χ4v) is 3.20. The van der Waals surface area contributed by atoms with E-state index >= 15 is 0 Å². The van der Waals surface area contributed by atoms with Gasteiger partial charge in [-0.3, -0.25) is 0 Å². The predicted molar refractivity (Wildman–Crippen MR) is 70.3 cm³/mol. The second kappa shape index (κ2) is 4.63. The Morgan fingerprint density at radius 2 is 1.94 bits per heavy atom. The van der Waals surface area contributed by atoms with Gasteiger partial charge in [0.05, 0.1) is 6.04 Å². The second-order valence-corrected chi connectivity index (χ2v) is 5.89. The summed E-state index contributed by atoms with van der Waals surface area (Å²) in [6, 6.07) is 0.712. The van der Waals surface area contributed by atoms with Crippen LogP contribution in [0.2, 0.25) is 0 Å². The van der Waals surface area contributed by atoms with Gasteiger partial charge in [-0.2, -0.15) is 0 Å². The Morgan fingerprint density at radius 3 is 2.67 bits per heavy atom. The van der Waals surface area contributed by atoms with Gasteiger partial charge in [0.1, 0.15) is 11.6 Å². The largest absolute Gasteiger partial charge is 0.321 e. The molecule has 0 radical (unpaired) electrons. The van der Waals surface area contributed by atoms with Crippen molar-refractivity contribution in [2.24, 2.45) is 5.73 Å². The summed E-state index contributed by atoms with van der Waals surface area (Å²) in [5.41, 5.74) is 6.10. The lowest BCUT2D eigenvalue weighted by molar-refractivity contribution is 0.271. The number of nitrogens with zero attached hydrogens (tertiary/aromatic N) is 4. The molecule has 18 heavy (non-hydrogen) atoms. The van der Waals surface area contributed by atoms with Crippen LogP contribution in [0.1, 0.15) is 56.7 Å². The van der Waals surface area contributed by atoms with Gasteiger partial charge in [-0.05, 0) is 39.7 Å². The van der Waals surface area contributed by atoms with Crippen molar-refractivity contribution in [3.8, 4) is 0 Å². The molecule has 3 heterocycles. The highest BCUT2D eigenvalue weighted by molar-refractivity contribution is 5.09. The molecule has 1 aromatic heterocycles. The van der Waals surface area contributed by atoms with Crippen molar-refractivity contribution < 1.29 is 0 Å². The first kappa shape index (κ1) is 12.1. The molecule has 3 rings (SSSR count). The van der Waals surface area contributed by atoms with Crippen LogP contribution in [-0.4, -0.2) is 38.8 Å². The van der Waals surface area contributed by atoms with Crippen LogP contribution in [0.3, 0.4) is 0 Å². The van der Waals surface area contributed by atoms with Gasteiger partial charge < -0.3 is 15.2 Å². The molecular weight excluding hydrogens is 226 g/mol. The van der Waals surface area contributed by atoms with E-state index in [-0.39, 0.29) is 6.04 Å². The Balaban J connectivity index is 1.82. The van der Waals surface area contributed by atoms with Crippen molar-refractivity contribution in [2.45, 2.75) is 57.7 Å². The summed E-state index contributed by atoms with van der Waals surface area (Å²) < 4.78 is 2.28. The molecule has 0 aromatic carbocycles. The van der Waals surface area contributed by atoms with Gasteiger partial charge in [0, 0.05) is 25.0 Å². The molecule has 1 aromatic rings. The molecule has 5 heteroatoms. The molecule has 0 amide bonds. The van der Waals surface area contributed by atoms with Crippen LogP contribution in [0, 0.1) is 0 Å². The van der Waals surface area contributed by atoms with Crippen molar-refractivity contribution in [3.63, 3.8) is 0 Å². The third-order valence-electron chi connectivity index (χ3n) is 4.35. The SMILES string of the molecule is CC(C)N1CCC(c2nnc3n2CCCC3N)C1. The van der Waals surface area contributed by atoms with Gasteiger partial charge in [-0.1, -0.05) is 0 Å². The van der Waals surface area contributed by atoms with E-state index in [1.165, 1.54) is 18.8 Å². The molecule has 2 N–H and O–H groups in total. The first-order chi connectivity index (χ1) is 8.66. The monoisotopic (exact) mass is 249 g/mol. The smallest absolute Gasteiger partial charge is 0.149 e. The normalized spacial score (nSPS) is 28.9. The van der Waals surface area contributed by atoms with E-state index in [1.54, 1.807) is 0 Å². The van der Waals surface area contributed by atoms with Crippen molar-refractivity contribution in [1.29, 1.82) is 0 Å². The number of fused-ring (bicyclic) bond motifs is 1. The minimum Gasteiger partial charge on any atom is -0.321 e. The Kier molecular flexibility index (Phi) is 3.11. The first-order valence-electron chi connectivity index (χ1n) is 7.09. The van der Waals surface area contributed by atoms with Crippen molar-refractivity contribution in [3.05, 3.63) is 11.6 Å². The number of aromatic nitrogens is 3. The highest BCUT2D eigenvalue weighted by Gasteiger charge is 2.31. The van der Waals surface area contributed by atoms with Crippen LogP contribution in [0.4, 0.5) is 0 Å². The van der Waals surface area contributed by atoms with E-state index in [0.717, 1.165) is 31.8 Å². The molecule has 0 aliphatic carbocycles. The zero-order valence-corrected chi connectivity index (χ0v) is 11.3. The molecule has 0 bridgehead atoms. The molecule has 1 saturated heterocycles. The van der Waals surface area contributed by atoms with Gasteiger partial charge >= 0.3 is 0 Å². The number of nitrogens with two attached hydrogens (primary N) is 1. The lowest BCUT2D eigenvalue weighted by atomic mass is 10.1. The van der Waals surface area contributed by atoms with Crippen LogP contribution >= 0.6 is 0 Å². The fourth-order valence-electron chi connectivity index (χ4n) is 3.20. The molecule has 100 valence electrons.